The molecular formula is C17H15N3O4. The Kier molecular flexibility index (Phi) is 3.53. The van der Waals surface area contributed by atoms with Crippen molar-refractivity contribution in [3.63, 3.8) is 0 Å². The first-order valence-corrected chi connectivity index (χ1v) is 7.62. The van der Waals surface area contributed by atoms with E-state index in [1.807, 2.05) is 0 Å². The van der Waals surface area contributed by atoms with E-state index < -0.39 is 5.92 Å². The SMILES string of the molecule is O=C(Nc1ccccn1)[C@H]1CC(=O)N(c2ccc3c(c2)OCO3)C1. The summed E-state index contributed by atoms with van der Waals surface area (Å²) in [6, 6.07) is 10.6. The number of nitrogens with zero attached hydrogens (tertiary/aromatic N) is 2. The van der Waals surface area contributed by atoms with Gasteiger partial charge in [-0.2, -0.15) is 0 Å². The van der Waals surface area contributed by atoms with Gasteiger partial charge in [0.05, 0.1) is 5.92 Å². The van der Waals surface area contributed by atoms with Crippen molar-refractivity contribution >= 4 is 23.3 Å². The molecule has 0 saturated carbocycles. The van der Waals surface area contributed by atoms with Crippen LogP contribution >= 0.6 is 0 Å². The Balaban J connectivity index is 1.48. The number of ether oxygens (including phenoxy) is 2. The molecule has 2 aliphatic heterocycles. The number of nitrogens with one attached hydrogen (secondary N) is 1. The van der Waals surface area contributed by atoms with E-state index in [4.69, 9.17) is 9.47 Å². The summed E-state index contributed by atoms with van der Waals surface area (Å²) in [7, 11) is 0. The Morgan fingerprint density at radius 2 is 2.08 bits per heavy atom. The van der Waals surface area contributed by atoms with Crippen LogP contribution in [0.15, 0.2) is 42.6 Å². The van der Waals surface area contributed by atoms with Crippen LogP contribution in [0.25, 0.3) is 0 Å². The Hall–Kier alpha value is -3.09. The molecule has 1 saturated heterocycles. The van der Waals surface area contributed by atoms with Gasteiger partial charge >= 0.3 is 0 Å². The van der Waals surface area contributed by atoms with Crippen molar-refractivity contribution in [1.29, 1.82) is 0 Å². The van der Waals surface area contributed by atoms with Crippen LogP contribution in [-0.2, 0) is 9.59 Å². The minimum atomic E-state index is -0.412. The van der Waals surface area contributed by atoms with Gasteiger partial charge in [0.25, 0.3) is 0 Å². The summed E-state index contributed by atoms with van der Waals surface area (Å²) < 4.78 is 10.6. The summed E-state index contributed by atoms with van der Waals surface area (Å²) in [5.41, 5.74) is 0.706. The number of hydrogen-bond acceptors (Lipinski definition) is 5. The van der Waals surface area contributed by atoms with Crippen molar-refractivity contribution in [3.8, 4) is 11.5 Å². The summed E-state index contributed by atoms with van der Waals surface area (Å²) in [6.07, 6.45) is 1.78. The maximum atomic E-state index is 12.3. The van der Waals surface area contributed by atoms with Crippen LogP contribution in [0.1, 0.15) is 6.42 Å². The van der Waals surface area contributed by atoms with Crippen LogP contribution in [0.2, 0.25) is 0 Å². The van der Waals surface area contributed by atoms with Gasteiger partial charge in [-0.25, -0.2) is 4.98 Å². The Labute approximate surface area is 138 Å². The summed E-state index contributed by atoms with van der Waals surface area (Å²) in [6.45, 7) is 0.513. The van der Waals surface area contributed by atoms with Gasteiger partial charge in [0, 0.05) is 30.9 Å². The summed E-state index contributed by atoms with van der Waals surface area (Å²) in [5.74, 6) is 1.05. The zero-order chi connectivity index (χ0) is 16.5. The van der Waals surface area contributed by atoms with Crippen LogP contribution in [0, 0.1) is 5.92 Å². The van der Waals surface area contributed by atoms with Crippen LogP contribution in [-0.4, -0.2) is 30.1 Å². The molecule has 1 aromatic heterocycles. The van der Waals surface area contributed by atoms with Crippen molar-refractivity contribution in [2.75, 3.05) is 23.6 Å². The Morgan fingerprint density at radius 1 is 1.21 bits per heavy atom. The number of aromatic nitrogens is 1. The second-order valence-corrected chi connectivity index (χ2v) is 5.65. The van der Waals surface area contributed by atoms with Gasteiger partial charge in [0.1, 0.15) is 5.82 Å². The number of carbonyl (C=O) groups excluding carboxylic acids is 2. The third-order valence-corrected chi connectivity index (χ3v) is 4.08. The van der Waals surface area contributed by atoms with E-state index in [0.29, 0.717) is 29.5 Å². The highest BCUT2D eigenvalue weighted by molar-refractivity contribution is 6.03. The molecule has 0 spiro atoms. The second kappa shape index (κ2) is 5.84. The molecule has 4 rings (SSSR count). The van der Waals surface area contributed by atoms with Crippen LogP contribution < -0.4 is 19.7 Å². The first-order valence-electron chi connectivity index (χ1n) is 7.62. The van der Waals surface area contributed by atoms with E-state index in [1.165, 1.54) is 0 Å². The smallest absolute Gasteiger partial charge is 0.231 e. The minimum Gasteiger partial charge on any atom is -0.454 e. The minimum absolute atomic E-state index is 0.0879. The average molecular weight is 325 g/mol. The van der Waals surface area contributed by atoms with Crippen molar-refractivity contribution < 1.29 is 19.1 Å². The summed E-state index contributed by atoms with van der Waals surface area (Å²) >= 11 is 0. The first-order chi connectivity index (χ1) is 11.7. The third kappa shape index (κ3) is 2.64. The maximum Gasteiger partial charge on any atom is 0.231 e. The summed E-state index contributed by atoms with van der Waals surface area (Å²) in [4.78, 5) is 30.3. The zero-order valence-corrected chi connectivity index (χ0v) is 12.8. The lowest BCUT2D eigenvalue weighted by atomic mass is 10.1. The topological polar surface area (TPSA) is 80.8 Å². The Bertz CT molecular complexity index is 794. The molecule has 7 heteroatoms. The number of benzene rings is 1. The van der Waals surface area contributed by atoms with E-state index in [0.717, 1.165) is 0 Å². The van der Waals surface area contributed by atoms with Gasteiger partial charge in [0.2, 0.25) is 18.6 Å². The number of pyridine rings is 1. The normalized spacial score (nSPS) is 18.8. The maximum absolute atomic E-state index is 12.3. The van der Waals surface area contributed by atoms with Gasteiger partial charge < -0.3 is 19.7 Å². The monoisotopic (exact) mass is 325 g/mol. The fourth-order valence-electron chi connectivity index (χ4n) is 2.85. The first kappa shape index (κ1) is 14.5. The second-order valence-electron chi connectivity index (χ2n) is 5.65. The predicted molar refractivity (Wildman–Crippen MR) is 85.9 cm³/mol. The van der Waals surface area contributed by atoms with Gasteiger partial charge in [-0.1, -0.05) is 6.07 Å². The number of carbonyl (C=O) groups is 2. The molecule has 0 aliphatic carbocycles. The van der Waals surface area contributed by atoms with Gasteiger partial charge in [-0.15, -0.1) is 0 Å². The van der Waals surface area contributed by atoms with E-state index in [9.17, 15) is 9.59 Å². The van der Waals surface area contributed by atoms with Crippen molar-refractivity contribution in [2.24, 2.45) is 5.92 Å². The Morgan fingerprint density at radius 3 is 2.92 bits per heavy atom. The van der Waals surface area contributed by atoms with E-state index in [-0.39, 0.29) is 25.0 Å². The molecule has 2 amide bonds. The number of rotatable bonds is 3. The molecule has 7 nitrogen and oxygen atoms in total. The van der Waals surface area contributed by atoms with Crippen LogP contribution in [0.5, 0.6) is 11.5 Å². The molecular weight excluding hydrogens is 310 g/mol. The van der Waals surface area contributed by atoms with Crippen LogP contribution in [0.4, 0.5) is 11.5 Å². The lowest BCUT2D eigenvalue weighted by Crippen LogP contribution is -2.28. The van der Waals surface area contributed by atoms with E-state index >= 15 is 0 Å². The third-order valence-electron chi connectivity index (χ3n) is 4.08. The fraction of sp³-hybridized carbons (Fsp3) is 0.235. The molecule has 1 atom stereocenters. The molecule has 3 heterocycles. The highest BCUT2D eigenvalue weighted by Gasteiger charge is 2.35. The van der Waals surface area contributed by atoms with Crippen molar-refractivity contribution in [3.05, 3.63) is 42.6 Å². The quantitative estimate of drug-likeness (QED) is 0.931. The van der Waals surface area contributed by atoms with Crippen LogP contribution in [0.3, 0.4) is 0 Å². The fourth-order valence-corrected chi connectivity index (χ4v) is 2.85. The van der Waals surface area contributed by atoms with Gasteiger partial charge in [-0.05, 0) is 24.3 Å². The van der Waals surface area contributed by atoms with E-state index in [1.54, 1.807) is 47.5 Å². The zero-order valence-electron chi connectivity index (χ0n) is 12.8. The molecule has 1 N–H and O–H groups in total. The lowest BCUT2D eigenvalue weighted by molar-refractivity contribution is -0.122. The van der Waals surface area contributed by atoms with Gasteiger partial charge in [-0.3, -0.25) is 9.59 Å². The molecule has 24 heavy (non-hydrogen) atoms. The molecule has 1 aromatic carbocycles. The molecule has 2 aromatic rings. The average Bonchev–Trinajstić information content (AvgIpc) is 3.21. The number of fused-ring (bicyclic) bond motifs is 1. The predicted octanol–water partition coefficient (Wildman–Crippen LogP) is 1.80. The number of anilines is 2. The molecule has 2 aliphatic rings. The largest absolute Gasteiger partial charge is 0.454 e. The number of hydrogen-bond donors (Lipinski definition) is 1. The van der Waals surface area contributed by atoms with Crippen molar-refractivity contribution in [1.82, 2.24) is 4.98 Å². The molecule has 0 bridgehead atoms. The highest BCUT2D eigenvalue weighted by atomic mass is 16.7. The number of amides is 2. The van der Waals surface area contributed by atoms with Gasteiger partial charge in [0.15, 0.2) is 11.5 Å². The van der Waals surface area contributed by atoms with E-state index in [2.05, 4.69) is 10.3 Å². The molecule has 0 unspecified atom stereocenters. The standard InChI is InChI=1S/C17H15N3O4/c21-16-7-11(17(22)19-15-3-1-2-6-18-15)9-20(16)12-4-5-13-14(8-12)24-10-23-13/h1-6,8,11H,7,9-10H2,(H,18,19,22)/t11-/m0/s1. The molecule has 122 valence electrons. The lowest BCUT2D eigenvalue weighted by Gasteiger charge is -2.17. The highest BCUT2D eigenvalue weighted by Crippen LogP contribution is 2.37. The van der Waals surface area contributed by atoms with Crippen molar-refractivity contribution in [2.45, 2.75) is 6.42 Å². The summed E-state index contributed by atoms with van der Waals surface area (Å²) in [5, 5.41) is 2.74. The molecule has 0 radical (unpaired) electrons. The molecule has 1 fully saturated rings.